The number of Topliss-reactive ketones (excluding diaryl/α,β-unsaturated/α-hetero) is 1. The van der Waals surface area contributed by atoms with E-state index in [1.54, 1.807) is 0 Å². The van der Waals surface area contributed by atoms with Gasteiger partial charge in [0.25, 0.3) is 0 Å². The van der Waals surface area contributed by atoms with Crippen molar-refractivity contribution < 1.29 is 9.53 Å². The molecule has 100 valence electrons. The molecule has 0 aromatic carbocycles. The van der Waals surface area contributed by atoms with Gasteiger partial charge in [-0.25, -0.2) is 0 Å². The Labute approximate surface area is 109 Å². The number of ketones is 1. The third-order valence-electron chi connectivity index (χ3n) is 5.82. The van der Waals surface area contributed by atoms with Crippen LogP contribution in [0.1, 0.15) is 32.1 Å². The van der Waals surface area contributed by atoms with Crippen molar-refractivity contribution in [2.24, 2.45) is 29.6 Å². The first-order valence-electron chi connectivity index (χ1n) is 7.66. The van der Waals surface area contributed by atoms with Gasteiger partial charge < -0.3 is 10.1 Å². The number of hydrogen-bond acceptors (Lipinski definition) is 3. The van der Waals surface area contributed by atoms with Crippen molar-refractivity contribution in [1.82, 2.24) is 5.32 Å². The van der Waals surface area contributed by atoms with Gasteiger partial charge in [-0.3, -0.25) is 4.79 Å². The molecule has 1 heterocycles. The van der Waals surface area contributed by atoms with Crippen LogP contribution in [0, 0.1) is 29.6 Å². The highest BCUT2D eigenvalue weighted by molar-refractivity contribution is 5.87. The van der Waals surface area contributed by atoms with Gasteiger partial charge in [0.2, 0.25) is 0 Å². The van der Waals surface area contributed by atoms with E-state index in [0.717, 1.165) is 25.0 Å². The quantitative estimate of drug-likeness (QED) is 0.808. The first-order chi connectivity index (χ1) is 8.81. The van der Waals surface area contributed by atoms with Crippen LogP contribution >= 0.6 is 0 Å². The topological polar surface area (TPSA) is 38.3 Å². The zero-order valence-electron chi connectivity index (χ0n) is 10.9. The smallest absolute Gasteiger partial charge is 0.155 e. The van der Waals surface area contributed by atoms with E-state index in [1.165, 1.54) is 32.1 Å². The van der Waals surface area contributed by atoms with Gasteiger partial charge in [-0.2, -0.15) is 0 Å². The Morgan fingerprint density at radius 1 is 1.00 bits per heavy atom. The van der Waals surface area contributed by atoms with E-state index in [1.807, 2.05) is 0 Å². The summed E-state index contributed by atoms with van der Waals surface area (Å²) in [6, 6.07) is -0.0127. The van der Waals surface area contributed by atoms with Crippen LogP contribution in [0.15, 0.2) is 0 Å². The van der Waals surface area contributed by atoms with Gasteiger partial charge in [-0.15, -0.1) is 0 Å². The van der Waals surface area contributed by atoms with Gasteiger partial charge in [0, 0.05) is 12.5 Å². The molecule has 3 nitrogen and oxygen atoms in total. The van der Waals surface area contributed by atoms with Crippen molar-refractivity contribution in [1.29, 1.82) is 0 Å². The molecule has 1 N–H and O–H groups in total. The summed E-state index contributed by atoms with van der Waals surface area (Å²) in [5.41, 5.74) is 0. The average molecular weight is 249 g/mol. The maximum absolute atomic E-state index is 12.7. The normalized spacial score (nSPS) is 50.4. The summed E-state index contributed by atoms with van der Waals surface area (Å²) >= 11 is 0. The molecule has 18 heavy (non-hydrogen) atoms. The van der Waals surface area contributed by atoms with Crippen LogP contribution in [-0.2, 0) is 9.53 Å². The first-order valence-corrected chi connectivity index (χ1v) is 7.66. The molecule has 0 aromatic rings. The van der Waals surface area contributed by atoms with E-state index in [0.29, 0.717) is 30.1 Å². The van der Waals surface area contributed by atoms with Crippen molar-refractivity contribution in [2.75, 3.05) is 19.8 Å². The number of ether oxygens (including phenoxy) is 1. The summed E-state index contributed by atoms with van der Waals surface area (Å²) in [4.78, 5) is 12.7. The van der Waals surface area contributed by atoms with Gasteiger partial charge in [0.05, 0.1) is 19.3 Å². The largest absolute Gasteiger partial charge is 0.378 e. The number of carbonyl (C=O) groups is 1. The fourth-order valence-electron chi connectivity index (χ4n) is 5.37. The molecular formula is C15H23NO2. The highest BCUT2D eigenvalue weighted by Gasteiger charge is 2.51. The minimum absolute atomic E-state index is 0.0127. The maximum atomic E-state index is 12.7. The van der Waals surface area contributed by atoms with Crippen LogP contribution in [0.2, 0.25) is 0 Å². The number of hydrogen-bond donors (Lipinski definition) is 1. The van der Waals surface area contributed by atoms with Crippen molar-refractivity contribution in [3.05, 3.63) is 0 Å². The predicted molar refractivity (Wildman–Crippen MR) is 68.2 cm³/mol. The molecule has 1 saturated heterocycles. The molecule has 1 atom stereocenters. The van der Waals surface area contributed by atoms with E-state index in [-0.39, 0.29) is 6.04 Å². The lowest BCUT2D eigenvalue weighted by Crippen LogP contribution is -2.55. The number of carbonyl (C=O) groups excluding carboxylic acids is 1. The number of morpholine rings is 1. The Balaban J connectivity index is 1.52. The Morgan fingerprint density at radius 2 is 1.67 bits per heavy atom. The second-order valence-corrected chi connectivity index (χ2v) is 6.94. The average Bonchev–Trinajstić information content (AvgIpc) is 2.38. The summed E-state index contributed by atoms with van der Waals surface area (Å²) in [6.45, 7) is 2.19. The summed E-state index contributed by atoms with van der Waals surface area (Å²) in [5.74, 6) is 4.15. The van der Waals surface area contributed by atoms with Crippen LogP contribution < -0.4 is 5.32 Å². The Morgan fingerprint density at radius 3 is 2.22 bits per heavy atom. The molecule has 5 rings (SSSR count). The zero-order valence-corrected chi connectivity index (χ0v) is 10.9. The SMILES string of the molecule is O=C(C1COCCN1)C1C2CC3CC(C2)CC1C3. The highest BCUT2D eigenvalue weighted by Crippen LogP contribution is 2.56. The third-order valence-corrected chi connectivity index (χ3v) is 5.82. The molecular weight excluding hydrogens is 226 g/mol. The second-order valence-electron chi connectivity index (χ2n) is 6.94. The van der Waals surface area contributed by atoms with Crippen molar-refractivity contribution in [2.45, 2.75) is 38.1 Å². The zero-order chi connectivity index (χ0) is 12.1. The van der Waals surface area contributed by atoms with Gasteiger partial charge in [-0.1, -0.05) is 0 Å². The lowest BCUT2D eigenvalue weighted by atomic mass is 9.51. The van der Waals surface area contributed by atoms with Gasteiger partial charge in [0.15, 0.2) is 5.78 Å². The first kappa shape index (κ1) is 11.4. The molecule has 0 aromatic heterocycles. The molecule has 1 aliphatic heterocycles. The highest BCUT2D eigenvalue weighted by atomic mass is 16.5. The molecule has 5 fully saturated rings. The van der Waals surface area contributed by atoms with Crippen molar-refractivity contribution in [3.8, 4) is 0 Å². The van der Waals surface area contributed by atoms with Crippen LogP contribution in [0.3, 0.4) is 0 Å². The third kappa shape index (κ3) is 1.75. The van der Waals surface area contributed by atoms with Gasteiger partial charge in [-0.05, 0) is 55.8 Å². The predicted octanol–water partition coefficient (Wildman–Crippen LogP) is 1.62. The van der Waals surface area contributed by atoms with Gasteiger partial charge >= 0.3 is 0 Å². The molecule has 3 heteroatoms. The van der Waals surface area contributed by atoms with Crippen LogP contribution in [0.4, 0.5) is 0 Å². The minimum Gasteiger partial charge on any atom is -0.378 e. The Bertz CT molecular complexity index is 320. The number of rotatable bonds is 2. The van der Waals surface area contributed by atoms with Gasteiger partial charge in [0.1, 0.15) is 0 Å². The lowest BCUT2D eigenvalue weighted by Gasteiger charge is -2.54. The summed E-state index contributed by atoms with van der Waals surface area (Å²) in [5, 5.41) is 3.35. The fourth-order valence-corrected chi connectivity index (χ4v) is 5.37. The van der Waals surface area contributed by atoms with Crippen molar-refractivity contribution >= 4 is 5.78 Å². The standard InChI is InChI=1S/C15H23NO2/c17-15(13-8-18-2-1-16-13)14-11-4-9-3-10(6-11)7-12(14)5-9/h9-14,16H,1-8H2. The molecule has 5 aliphatic rings. The molecule has 0 amide bonds. The summed E-state index contributed by atoms with van der Waals surface area (Å²) < 4.78 is 5.46. The maximum Gasteiger partial charge on any atom is 0.155 e. The molecule has 0 spiro atoms. The summed E-state index contributed by atoms with van der Waals surface area (Å²) in [6.07, 6.45) is 6.78. The Kier molecular flexibility index (Phi) is 2.73. The molecule has 4 saturated carbocycles. The van der Waals surface area contributed by atoms with E-state index >= 15 is 0 Å². The van der Waals surface area contributed by atoms with E-state index < -0.39 is 0 Å². The molecule has 4 aliphatic carbocycles. The van der Waals surface area contributed by atoms with Crippen LogP contribution in [-0.4, -0.2) is 31.6 Å². The van der Waals surface area contributed by atoms with Crippen molar-refractivity contribution in [3.63, 3.8) is 0 Å². The monoisotopic (exact) mass is 249 g/mol. The molecule has 0 radical (unpaired) electrons. The molecule has 4 bridgehead atoms. The van der Waals surface area contributed by atoms with E-state index in [4.69, 9.17) is 4.74 Å². The lowest BCUT2D eigenvalue weighted by molar-refractivity contribution is -0.140. The van der Waals surface area contributed by atoms with E-state index in [9.17, 15) is 4.79 Å². The Hall–Kier alpha value is -0.410. The minimum atomic E-state index is -0.0127. The van der Waals surface area contributed by atoms with Crippen LogP contribution in [0.5, 0.6) is 0 Å². The fraction of sp³-hybridized carbons (Fsp3) is 0.933. The molecule has 1 unspecified atom stereocenters. The second kappa shape index (κ2) is 4.31. The van der Waals surface area contributed by atoms with E-state index in [2.05, 4.69) is 5.32 Å². The number of nitrogens with one attached hydrogen (secondary N) is 1. The summed E-state index contributed by atoms with van der Waals surface area (Å²) in [7, 11) is 0. The van der Waals surface area contributed by atoms with Crippen LogP contribution in [0.25, 0.3) is 0 Å².